The second-order valence-corrected chi connectivity index (χ2v) is 9.83. The van der Waals surface area contributed by atoms with Gasteiger partial charge in [-0.15, -0.1) is 0 Å². The fourth-order valence-electron chi connectivity index (χ4n) is 5.28. The van der Waals surface area contributed by atoms with Gasteiger partial charge in [0.15, 0.2) is 0 Å². The minimum atomic E-state index is -0.351. The van der Waals surface area contributed by atoms with Gasteiger partial charge in [0.2, 0.25) is 0 Å². The number of hydrogen-bond donors (Lipinski definition) is 0. The third kappa shape index (κ3) is 5.08. The number of hydrogen-bond acceptors (Lipinski definition) is 4. The Morgan fingerprint density at radius 3 is 2.39 bits per heavy atom. The molecule has 6 nitrogen and oxygen atoms in total. The highest BCUT2D eigenvalue weighted by atomic mass is 16.5. The predicted molar refractivity (Wildman–Crippen MR) is 153 cm³/mol. The molecule has 0 aliphatic carbocycles. The van der Waals surface area contributed by atoms with Crippen LogP contribution in [0.5, 0.6) is 0 Å². The SMILES string of the molecule is CCCCn1c(CCC)nc2cccc(-c3nc4cc(C(=O)OC)ccc4n3CCCc3ccccc3)c21. The maximum absolute atomic E-state index is 12.3. The van der Waals surface area contributed by atoms with Crippen LogP contribution < -0.4 is 0 Å². The number of imidazole rings is 2. The Balaban J connectivity index is 1.65. The molecule has 5 aromatic rings. The number of nitrogens with zero attached hydrogens (tertiary/aromatic N) is 4. The van der Waals surface area contributed by atoms with E-state index >= 15 is 0 Å². The van der Waals surface area contributed by atoms with Crippen LogP contribution in [0.15, 0.2) is 66.7 Å². The Bertz CT molecular complexity index is 1550. The molecule has 0 aliphatic rings. The van der Waals surface area contributed by atoms with E-state index in [2.05, 4.69) is 71.5 Å². The molecule has 5 rings (SSSR count). The van der Waals surface area contributed by atoms with E-state index in [4.69, 9.17) is 14.7 Å². The number of carbonyl (C=O) groups excluding carboxylic acids is 1. The van der Waals surface area contributed by atoms with Crippen molar-refractivity contribution in [3.63, 3.8) is 0 Å². The topological polar surface area (TPSA) is 61.9 Å². The number of para-hydroxylation sites is 1. The van der Waals surface area contributed by atoms with Gasteiger partial charge in [0, 0.05) is 25.1 Å². The van der Waals surface area contributed by atoms with Gasteiger partial charge in [-0.05, 0) is 61.6 Å². The summed E-state index contributed by atoms with van der Waals surface area (Å²) < 4.78 is 9.69. The monoisotopic (exact) mass is 508 g/mol. The summed E-state index contributed by atoms with van der Waals surface area (Å²) >= 11 is 0. The average Bonchev–Trinajstić information content (AvgIpc) is 3.49. The molecular weight excluding hydrogens is 472 g/mol. The molecule has 0 spiro atoms. The van der Waals surface area contributed by atoms with Crippen molar-refractivity contribution in [2.24, 2.45) is 0 Å². The minimum Gasteiger partial charge on any atom is -0.465 e. The molecule has 0 amide bonds. The molecule has 38 heavy (non-hydrogen) atoms. The lowest BCUT2D eigenvalue weighted by Crippen LogP contribution is -2.06. The summed E-state index contributed by atoms with van der Waals surface area (Å²) in [5.41, 5.74) is 6.91. The Labute approximate surface area is 224 Å². The molecule has 0 bridgehead atoms. The first-order valence-electron chi connectivity index (χ1n) is 13.8. The molecule has 0 N–H and O–H groups in total. The Kier molecular flexibility index (Phi) is 7.87. The molecule has 196 valence electrons. The van der Waals surface area contributed by atoms with E-state index in [1.807, 2.05) is 18.2 Å². The van der Waals surface area contributed by atoms with Gasteiger partial charge in [-0.2, -0.15) is 0 Å². The Morgan fingerprint density at radius 2 is 1.63 bits per heavy atom. The van der Waals surface area contributed by atoms with Crippen LogP contribution in [0.2, 0.25) is 0 Å². The number of fused-ring (bicyclic) bond motifs is 2. The van der Waals surface area contributed by atoms with E-state index in [9.17, 15) is 4.79 Å². The largest absolute Gasteiger partial charge is 0.465 e. The Morgan fingerprint density at radius 1 is 0.816 bits per heavy atom. The van der Waals surface area contributed by atoms with E-state index in [0.717, 1.165) is 90.9 Å². The first kappa shape index (κ1) is 25.7. The Hall–Kier alpha value is -3.93. The third-order valence-electron chi connectivity index (χ3n) is 7.15. The van der Waals surface area contributed by atoms with Gasteiger partial charge >= 0.3 is 5.97 Å². The maximum Gasteiger partial charge on any atom is 0.337 e. The maximum atomic E-state index is 12.3. The van der Waals surface area contributed by atoms with Gasteiger partial charge < -0.3 is 13.9 Å². The molecule has 3 aromatic carbocycles. The summed E-state index contributed by atoms with van der Waals surface area (Å²) in [6.07, 6.45) is 6.20. The molecule has 0 aliphatic heterocycles. The van der Waals surface area contributed by atoms with Gasteiger partial charge in [0.1, 0.15) is 11.6 Å². The molecular formula is C32H36N4O2. The number of ether oxygens (including phenoxy) is 1. The molecule has 2 aromatic heterocycles. The van der Waals surface area contributed by atoms with E-state index in [1.54, 1.807) is 0 Å². The lowest BCUT2D eigenvalue weighted by Gasteiger charge is -2.13. The minimum absolute atomic E-state index is 0.351. The number of benzene rings is 3. The van der Waals surface area contributed by atoms with Crippen LogP contribution in [-0.4, -0.2) is 32.2 Å². The van der Waals surface area contributed by atoms with E-state index < -0.39 is 0 Å². The van der Waals surface area contributed by atoms with Crippen LogP contribution in [0, 0.1) is 0 Å². The summed E-state index contributed by atoms with van der Waals surface area (Å²) in [6, 6.07) is 22.6. The quantitative estimate of drug-likeness (QED) is 0.177. The highest BCUT2D eigenvalue weighted by Crippen LogP contribution is 2.33. The highest BCUT2D eigenvalue weighted by Gasteiger charge is 2.20. The fraction of sp³-hybridized carbons (Fsp3) is 0.344. The summed E-state index contributed by atoms with van der Waals surface area (Å²) in [5.74, 6) is 1.71. The molecule has 0 fully saturated rings. The van der Waals surface area contributed by atoms with Crippen molar-refractivity contribution in [1.29, 1.82) is 0 Å². The third-order valence-corrected chi connectivity index (χ3v) is 7.15. The molecule has 0 saturated carbocycles. The number of methoxy groups -OCH3 is 1. The molecule has 0 saturated heterocycles. The van der Waals surface area contributed by atoms with E-state index in [1.165, 1.54) is 12.7 Å². The normalized spacial score (nSPS) is 11.4. The summed E-state index contributed by atoms with van der Waals surface area (Å²) in [5, 5.41) is 0. The van der Waals surface area contributed by atoms with Crippen molar-refractivity contribution in [3.8, 4) is 11.4 Å². The standard InChI is InChI=1S/C32H36N4O2/c1-4-6-20-36-29(12-5-2)33-26-17-10-16-25(30(26)36)31-34-27-22-24(32(37)38-3)18-19-28(27)35(31)21-11-15-23-13-8-7-9-14-23/h7-10,13-14,16-19,22H,4-6,11-12,15,20-21H2,1-3H3. The molecule has 6 heteroatoms. The fourth-order valence-corrected chi connectivity index (χ4v) is 5.28. The number of unbranched alkanes of at least 4 members (excludes halogenated alkanes) is 1. The molecule has 0 unspecified atom stereocenters. The van der Waals surface area contributed by atoms with Crippen molar-refractivity contribution >= 4 is 28.0 Å². The zero-order valence-corrected chi connectivity index (χ0v) is 22.6. The second kappa shape index (κ2) is 11.6. The van der Waals surface area contributed by atoms with Crippen LogP contribution in [0.4, 0.5) is 0 Å². The molecule has 0 radical (unpaired) electrons. The van der Waals surface area contributed by atoms with Crippen LogP contribution >= 0.6 is 0 Å². The number of rotatable bonds is 11. The van der Waals surface area contributed by atoms with Crippen molar-refractivity contribution in [2.45, 2.75) is 65.5 Å². The highest BCUT2D eigenvalue weighted by molar-refractivity contribution is 5.96. The molecule has 2 heterocycles. The zero-order valence-electron chi connectivity index (χ0n) is 22.6. The van der Waals surface area contributed by atoms with E-state index in [-0.39, 0.29) is 5.97 Å². The lowest BCUT2D eigenvalue weighted by molar-refractivity contribution is 0.0601. The van der Waals surface area contributed by atoms with Crippen molar-refractivity contribution in [1.82, 2.24) is 19.1 Å². The summed E-state index contributed by atoms with van der Waals surface area (Å²) in [6.45, 7) is 6.19. The zero-order chi connectivity index (χ0) is 26.5. The van der Waals surface area contributed by atoms with Gasteiger partial charge in [-0.1, -0.05) is 56.7 Å². The summed E-state index contributed by atoms with van der Waals surface area (Å²) in [4.78, 5) is 22.4. The average molecular weight is 509 g/mol. The van der Waals surface area contributed by atoms with E-state index in [0.29, 0.717) is 5.56 Å². The van der Waals surface area contributed by atoms with Crippen molar-refractivity contribution < 1.29 is 9.53 Å². The number of esters is 1. The van der Waals surface area contributed by atoms with Crippen molar-refractivity contribution in [3.05, 3.63) is 83.7 Å². The first-order valence-corrected chi connectivity index (χ1v) is 13.8. The second-order valence-electron chi connectivity index (χ2n) is 9.83. The number of aromatic nitrogens is 4. The van der Waals surface area contributed by atoms with Gasteiger partial charge in [0.05, 0.1) is 34.7 Å². The van der Waals surface area contributed by atoms with Gasteiger partial charge in [-0.3, -0.25) is 0 Å². The van der Waals surface area contributed by atoms with Crippen LogP contribution in [0.1, 0.15) is 61.3 Å². The summed E-state index contributed by atoms with van der Waals surface area (Å²) in [7, 11) is 1.41. The van der Waals surface area contributed by atoms with Gasteiger partial charge in [0.25, 0.3) is 0 Å². The van der Waals surface area contributed by atoms with Crippen LogP contribution in [0.3, 0.4) is 0 Å². The predicted octanol–water partition coefficient (Wildman–Crippen LogP) is 7.23. The van der Waals surface area contributed by atoms with Crippen molar-refractivity contribution in [2.75, 3.05) is 7.11 Å². The first-order chi connectivity index (χ1) is 18.6. The molecule has 0 atom stereocenters. The van der Waals surface area contributed by atoms with Gasteiger partial charge in [-0.25, -0.2) is 14.8 Å². The smallest absolute Gasteiger partial charge is 0.337 e. The van der Waals surface area contributed by atoms with Crippen LogP contribution in [0.25, 0.3) is 33.5 Å². The van der Waals surface area contributed by atoms with Crippen LogP contribution in [-0.2, 0) is 30.7 Å². The lowest BCUT2D eigenvalue weighted by atomic mass is 10.1. The number of aryl methyl sites for hydroxylation is 4. The number of carbonyl (C=O) groups is 1.